The number of rotatable bonds is 2. The van der Waals surface area contributed by atoms with Crippen molar-refractivity contribution in [1.29, 1.82) is 0 Å². The van der Waals surface area contributed by atoms with Crippen molar-refractivity contribution in [3.63, 3.8) is 0 Å². The van der Waals surface area contributed by atoms with Crippen molar-refractivity contribution < 1.29 is 0 Å². The van der Waals surface area contributed by atoms with Crippen LogP contribution in [0.15, 0.2) is 66.7 Å². The van der Waals surface area contributed by atoms with Gasteiger partial charge in [0.2, 0.25) is 0 Å². The van der Waals surface area contributed by atoms with Gasteiger partial charge >= 0.3 is 0 Å². The van der Waals surface area contributed by atoms with Gasteiger partial charge in [-0.25, -0.2) is 0 Å². The van der Waals surface area contributed by atoms with Crippen molar-refractivity contribution in [3.05, 3.63) is 122 Å². The molecule has 0 spiro atoms. The Morgan fingerprint density at radius 3 is 1.43 bits per heavy atom. The van der Waals surface area contributed by atoms with Crippen LogP contribution >= 0.6 is 11.3 Å². The molecule has 67 heavy (non-hydrogen) atoms. The molecule has 348 valence electrons. The van der Waals surface area contributed by atoms with Crippen LogP contribution in [0.4, 0.5) is 34.1 Å². The van der Waals surface area contributed by atoms with Crippen LogP contribution in [0, 0.1) is 20.8 Å². The summed E-state index contributed by atoms with van der Waals surface area (Å²) in [5, 5.41) is 1.42. The van der Waals surface area contributed by atoms with Crippen LogP contribution in [0.1, 0.15) is 198 Å². The zero-order valence-electron chi connectivity index (χ0n) is 44.5. The zero-order valence-corrected chi connectivity index (χ0v) is 45.3. The van der Waals surface area contributed by atoms with E-state index in [1.165, 1.54) is 137 Å². The summed E-state index contributed by atoms with van der Waals surface area (Å²) in [5.74, 6) is 0. The summed E-state index contributed by atoms with van der Waals surface area (Å²) in [6.45, 7) is 44.2. The molecule has 0 radical (unpaired) electrons. The van der Waals surface area contributed by atoms with Crippen molar-refractivity contribution in [2.75, 3.05) is 9.80 Å². The van der Waals surface area contributed by atoms with E-state index in [2.05, 4.69) is 212 Å². The molecule has 0 amide bonds. The van der Waals surface area contributed by atoms with Crippen LogP contribution < -0.4 is 25.5 Å². The first-order valence-electron chi connectivity index (χ1n) is 25.8. The molecule has 0 saturated heterocycles. The molecule has 3 aliphatic carbocycles. The highest BCUT2D eigenvalue weighted by Gasteiger charge is 2.49. The number of aryl methyl sites for hydroxylation is 3. The maximum absolute atomic E-state index is 2.79. The standard InChI is InChI=1S/C63H77BN2S/c1-36-27-51-54-52(28-36)66(49-33-44-41(30-38(49)3)58(7,8)21-24-61(44,13)14)55-40-31-42-46(63(17,18)26-22-59(42,9)10)35-53(40)67-56(55)64(54)47-32-43-45(62(15,16)25-23-60(43,11)12)34-50(47)65(51)48-20-19-39(29-37(48)2)57(4,5)6/h19-20,27-35H,21-26H2,1-18H3. The van der Waals surface area contributed by atoms with Crippen molar-refractivity contribution in [2.24, 2.45) is 0 Å². The highest BCUT2D eigenvalue weighted by molar-refractivity contribution is 7.33. The second-order valence-electron chi connectivity index (χ2n) is 27.2. The van der Waals surface area contributed by atoms with Gasteiger partial charge in [-0.05, 0) is 206 Å². The maximum Gasteiger partial charge on any atom is 0.264 e. The number of thiophene rings is 1. The molecule has 0 atom stereocenters. The molecule has 0 N–H and O–H groups in total. The first kappa shape index (κ1) is 45.2. The molecule has 1 aromatic heterocycles. The lowest BCUT2D eigenvalue weighted by molar-refractivity contribution is 0.332. The summed E-state index contributed by atoms with van der Waals surface area (Å²) in [5.41, 5.74) is 26.2. The highest BCUT2D eigenvalue weighted by Crippen LogP contribution is 2.56. The van der Waals surface area contributed by atoms with E-state index in [-0.39, 0.29) is 44.6 Å². The largest absolute Gasteiger partial charge is 0.311 e. The number of anilines is 6. The Balaban J connectivity index is 1.30. The second kappa shape index (κ2) is 14.0. The Kier molecular flexibility index (Phi) is 9.41. The molecular weight excluding hydrogens is 828 g/mol. The molecule has 0 saturated carbocycles. The summed E-state index contributed by atoms with van der Waals surface area (Å²) in [6, 6.07) is 28.4. The first-order valence-corrected chi connectivity index (χ1v) is 26.7. The van der Waals surface area contributed by atoms with E-state index < -0.39 is 0 Å². The minimum absolute atomic E-state index is 0.0591. The third-order valence-corrected chi connectivity index (χ3v) is 19.7. The van der Waals surface area contributed by atoms with E-state index in [9.17, 15) is 0 Å². The number of hydrogen-bond donors (Lipinski definition) is 0. The summed E-state index contributed by atoms with van der Waals surface area (Å²) < 4.78 is 2.93. The Morgan fingerprint density at radius 1 is 0.463 bits per heavy atom. The van der Waals surface area contributed by atoms with E-state index in [1.807, 2.05) is 0 Å². The molecule has 4 heteroatoms. The van der Waals surface area contributed by atoms with E-state index in [4.69, 9.17) is 0 Å². The van der Waals surface area contributed by atoms with Crippen LogP contribution in [-0.2, 0) is 37.9 Å². The SMILES string of the molecule is Cc1cc2c3c(c1)N(c1cc4c(cc1C)C(C)(C)CCC4(C)C)c1c(sc4cc5c(cc14)C(C)(C)CCC5(C)C)B3c1cc3c(cc1N2c1ccc(C(C)(C)C)cc1C)C(C)(C)CCC3(C)C. The second-order valence-corrected chi connectivity index (χ2v) is 28.3. The van der Waals surface area contributed by atoms with Crippen molar-refractivity contribution in [3.8, 4) is 0 Å². The smallest absolute Gasteiger partial charge is 0.264 e. The van der Waals surface area contributed by atoms with Gasteiger partial charge in [0, 0.05) is 43.3 Å². The fraction of sp³-hybridized carbons (Fsp3) is 0.492. The molecule has 0 bridgehead atoms. The monoisotopic (exact) mass is 905 g/mol. The van der Waals surface area contributed by atoms with Crippen molar-refractivity contribution in [1.82, 2.24) is 0 Å². The number of nitrogens with zero attached hydrogens (tertiary/aromatic N) is 2. The highest BCUT2D eigenvalue weighted by atomic mass is 32.1. The van der Waals surface area contributed by atoms with Crippen LogP contribution in [0.5, 0.6) is 0 Å². The molecule has 2 nitrogen and oxygen atoms in total. The topological polar surface area (TPSA) is 6.48 Å². The van der Waals surface area contributed by atoms with Crippen LogP contribution in [0.3, 0.4) is 0 Å². The molecule has 0 fully saturated rings. The van der Waals surface area contributed by atoms with Gasteiger partial charge < -0.3 is 9.80 Å². The van der Waals surface area contributed by atoms with Crippen molar-refractivity contribution in [2.45, 2.75) is 201 Å². The number of hydrogen-bond acceptors (Lipinski definition) is 3. The molecule has 11 rings (SSSR count). The average Bonchev–Trinajstić information content (AvgIpc) is 3.60. The van der Waals surface area contributed by atoms with Gasteiger partial charge in [-0.1, -0.05) is 128 Å². The Morgan fingerprint density at radius 2 is 0.910 bits per heavy atom. The summed E-state index contributed by atoms with van der Waals surface area (Å²) in [6.07, 6.45) is 7.20. The van der Waals surface area contributed by atoms with Crippen LogP contribution in [-0.4, -0.2) is 6.71 Å². The van der Waals surface area contributed by atoms with Crippen LogP contribution in [0.2, 0.25) is 0 Å². The van der Waals surface area contributed by atoms with Gasteiger partial charge in [0.25, 0.3) is 6.71 Å². The van der Waals surface area contributed by atoms with E-state index >= 15 is 0 Å². The average molecular weight is 905 g/mol. The molecule has 5 aromatic carbocycles. The molecule has 2 aliphatic heterocycles. The fourth-order valence-electron chi connectivity index (χ4n) is 13.6. The number of fused-ring (bicyclic) bond motifs is 9. The van der Waals surface area contributed by atoms with Gasteiger partial charge in [-0.3, -0.25) is 0 Å². The summed E-state index contributed by atoms with van der Waals surface area (Å²) >= 11 is 2.09. The van der Waals surface area contributed by atoms with Gasteiger partial charge in [-0.2, -0.15) is 0 Å². The molecule has 0 unspecified atom stereocenters. The molecule has 5 aliphatic rings. The minimum atomic E-state index is 0.0591. The van der Waals surface area contributed by atoms with Crippen LogP contribution in [0.25, 0.3) is 10.1 Å². The quantitative estimate of drug-likeness (QED) is 0.160. The van der Waals surface area contributed by atoms with Gasteiger partial charge in [0.15, 0.2) is 0 Å². The van der Waals surface area contributed by atoms with E-state index in [1.54, 1.807) is 16.7 Å². The number of benzene rings is 5. The van der Waals surface area contributed by atoms with E-state index in [0.717, 1.165) is 0 Å². The third-order valence-electron chi connectivity index (χ3n) is 18.5. The third kappa shape index (κ3) is 6.52. The van der Waals surface area contributed by atoms with Gasteiger partial charge in [-0.15, -0.1) is 11.3 Å². The molecule has 6 aromatic rings. The van der Waals surface area contributed by atoms with E-state index in [0.29, 0.717) is 0 Å². The molecule has 3 heterocycles. The summed E-state index contributed by atoms with van der Waals surface area (Å²) in [7, 11) is 0. The maximum atomic E-state index is 2.79. The predicted octanol–water partition coefficient (Wildman–Crippen LogP) is 16.3. The lowest BCUT2D eigenvalue weighted by atomic mass is 9.35. The fourth-order valence-corrected chi connectivity index (χ4v) is 14.9. The Bertz CT molecular complexity index is 3120. The molecular formula is C63H77BN2S. The van der Waals surface area contributed by atoms with Gasteiger partial charge in [0.05, 0.1) is 5.69 Å². The lowest BCUT2D eigenvalue weighted by Crippen LogP contribution is -2.61. The normalized spacial score (nSPS) is 21.0. The van der Waals surface area contributed by atoms with Gasteiger partial charge in [0.1, 0.15) is 0 Å². The van der Waals surface area contributed by atoms with Crippen molar-refractivity contribution >= 4 is 78.0 Å². The predicted molar refractivity (Wildman–Crippen MR) is 295 cm³/mol. The minimum Gasteiger partial charge on any atom is -0.311 e. The zero-order chi connectivity index (χ0) is 48.1. The first-order chi connectivity index (χ1) is 31.0. The Labute approximate surface area is 409 Å². The lowest BCUT2D eigenvalue weighted by Gasteiger charge is -2.47. The Hall–Kier alpha value is -4.28. The summed E-state index contributed by atoms with van der Waals surface area (Å²) in [4.78, 5) is 5.50.